The van der Waals surface area contributed by atoms with Gasteiger partial charge in [0.05, 0.1) is 29.6 Å². The maximum atomic E-state index is 12.4. The minimum Gasteiger partial charge on any atom is -0.349 e. The van der Waals surface area contributed by atoms with Crippen molar-refractivity contribution in [1.82, 2.24) is 15.1 Å². The number of carbonyl (C=O) groups is 2. The summed E-state index contributed by atoms with van der Waals surface area (Å²) in [6, 6.07) is 16.6. The molecule has 0 atom stereocenters. The Morgan fingerprint density at radius 1 is 1.07 bits per heavy atom. The van der Waals surface area contributed by atoms with Crippen molar-refractivity contribution < 1.29 is 9.59 Å². The Hall–Kier alpha value is -3.67. The highest BCUT2D eigenvalue weighted by Crippen LogP contribution is 2.16. The summed E-state index contributed by atoms with van der Waals surface area (Å²) in [4.78, 5) is 24.6. The zero-order chi connectivity index (χ0) is 19.1. The number of para-hydroxylation sites is 2. The Morgan fingerprint density at radius 2 is 1.81 bits per heavy atom. The molecule has 0 aliphatic rings. The number of benzene rings is 2. The van der Waals surface area contributed by atoms with Crippen LogP contribution in [0.5, 0.6) is 0 Å². The van der Waals surface area contributed by atoms with Gasteiger partial charge in [-0.3, -0.25) is 9.59 Å². The monoisotopic (exact) mass is 360 g/mol. The summed E-state index contributed by atoms with van der Waals surface area (Å²) in [6.07, 6.45) is 5.24. The third kappa shape index (κ3) is 4.70. The highest BCUT2D eigenvalue weighted by Gasteiger charge is 2.13. The van der Waals surface area contributed by atoms with Gasteiger partial charge in [-0.1, -0.05) is 36.4 Å². The molecule has 2 N–H and O–H groups in total. The van der Waals surface area contributed by atoms with Crippen LogP contribution in [0, 0.1) is 0 Å². The fourth-order valence-corrected chi connectivity index (χ4v) is 2.60. The molecule has 0 bridgehead atoms. The number of rotatable bonds is 7. The summed E-state index contributed by atoms with van der Waals surface area (Å²) >= 11 is 0. The van der Waals surface area contributed by atoms with Crippen molar-refractivity contribution in [3.05, 3.63) is 90.8 Å². The van der Waals surface area contributed by atoms with Gasteiger partial charge in [0.25, 0.3) is 5.91 Å². The fourth-order valence-electron chi connectivity index (χ4n) is 2.60. The van der Waals surface area contributed by atoms with E-state index >= 15 is 0 Å². The lowest BCUT2D eigenvalue weighted by Gasteiger charge is -2.10. The zero-order valence-electron chi connectivity index (χ0n) is 14.8. The average molecular weight is 360 g/mol. The van der Waals surface area contributed by atoms with E-state index in [1.54, 1.807) is 41.2 Å². The van der Waals surface area contributed by atoms with Crippen molar-refractivity contribution in [1.29, 1.82) is 0 Å². The second kappa shape index (κ2) is 8.62. The first kappa shape index (κ1) is 18.1. The second-order valence-corrected chi connectivity index (χ2v) is 5.90. The molecule has 1 aromatic heterocycles. The Labute approximate surface area is 157 Å². The first-order valence-electron chi connectivity index (χ1n) is 8.54. The van der Waals surface area contributed by atoms with E-state index in [4.69, 9.17) is 0 Å². The summed E-state index contributed by atoms with van der Waals surface area (Å²) < 4.78 is 1.72. The van der Waals surface area contributed by atoms with Gasteiger partial charge in [0.1, 0.15) is 0 Å². The highest BCUT2D eigenvalue weighted by molar-refractivity contribution is 6.04. The molecule has 1 heterocycles. The van der Waals surface area contributed by atoms with E-state index in [-0.39, 0.29) is 18.2 Å². The number of aromatic nitrogens is 2. The molecule has 0 radical (unpaired) electrons. The van der Waals surface area contributed by atoms with Gasteiger partial charge in [0.15, 0.2) is 0 Å². The maximum absolute atomic E-state index is 12.4. The third-order valence-electron chi connectivity index (χ3n) is 3.87. The molecule has 6 heteroatoms. The number of nitrogens with one attached hydrogen (secondary N) is 2. The molecule has 2 aromatic carbocycles. The van der Waals surface area contributed by atoms with Crippen molar-refractivity contribution in [2.24, 2.45) is 0 Å². The van der Waals surface area contributed by atoms with E-state index in [0.29, 0.717) is 17.8 Å². The van der Waals surface area contributed by atoms with Crippen LogP contribution in [-0.4, -0.2) is 28.1 Å². The van der Waals surface area contributed by atoms with Crippen molar-refractivity contribution in [3.8, 4) is 5.69 Å². The van der Waals surface area contributed by atoms with Crippen LogP contribution >= 0.6 is 0 Å². The molecule has 27 heavy (non-hydrogen) atoms. The van der Waals surface area contributed by atoms with Crippen LogP contribution in [0.4, 0.5) is 5.69 Å². The lowest BCUT2D eigenvalue weighted by Crippen LogP contribution is -2.25. The molecular weight excluding hydrogens is 340 g/mol. The zero-order valence-corrected chi connectivity index (χ0v) is 14.8. The molecule has 0 saturated carbocycles. The van der Waals surface area contributed by atoms with Gasteiger partial charge in [-0.15, -0.1) is 6.58 Å². The summed E-state index contributed by atoms with van der Waals surface area (Å²) in [6.45, 7) is 3.94. The van der Waals surface area contributed by atoms with Gasteiger partial charge in [0, 0.05) is 12.7 Å². The van der Waals surface area contributed by atoms with Crippen LogP contribution in [0.1, 0.15) is 15.9 Å². The minimum atomic E-state index is -0.261. The number of amides is 2. The Bertz CT molecular complexity index is 948. The third-order valence-corrected chi connectivity index (χ3v) is 3.87. The fraction of sp³-hybridized carbons (Fsp3) is 0.0952. The predicted molar refractivity (Wildman–Crippen MR) is 105 cm³/mol. The number of carbonyl (C=O) groups excluding carboxylic acids is 2. The van der Waals surface area contributed by atoms with E-state index in [1.807, 2.05) is 36.5 Å². The summed E-state index contributed by atoms with van der Waals surface area (Å²) in [5.74, 6) is -0.478. The van der Waals surface area contributed by atoms with Gasteiger partial charge < -0.3 is 10.6 Å². The minimum absolute atomic E-state index is 0.162. The van der Waals surface area contributed by atoms with Gasteiger partial charge in [-0.25, -0.2) is 4.68 Å². The largest absolute Gasteiger partial charge is 0.349 e. The topological polar surface area (TPSA) is 76.0 Å². The molecule has 136 valence electrons. The average Bonchev–Trinajstić information content (AvgIpc) is 3.15. The number of anilines is 1. The van der Waals surface area contributed by atoms with Gasteiger partial charge in [-0.05, 0) is 29.8 Å². The molecular formula is C21H20N4O2. The van der Waals surface area contributed by atoms with E-state index in [1.165, 1.54) is 0 Å². The van der Waals surface area contributed by atoms with Crippen LogP contribution < -0.4 is 10.6 Å². The Morgan fingerprint density at radius 3 is 2.59 bits per heavy atom. The van der Waals surface area contributed by atoms with E-state index in [0.717, 1.165) is 11.3 Å². The van der Waals surface area contributed by atoms with E-state index in [2.05, 4.69) is 22.3 Å². The molecule has 0 spiro atoms. The standard InChI is InChI=1S/C21H20N4O2/c1-2-12-22-21(27)18-10-6-7-11-19(18)24-20(26)13-16-14-23-25(15-16)17-8-4-3-5-9-17/h2-11,14-15H,1,12-13H2,(H,22,27)(H,24,26). The number of nitrogens with zero attached hydrogens (tertiary/aromatic N) is 2. The summed E-state index contributed by atoms with van der Waals surface area (Å²) in [5, 5.41) is 9.80. The summed E-state index contributed by atoms with van der Waals surface area (Å²) in [5.41, 5.74) is 2.59. The molecule has 0 fully saturated rings. The molecule has 3 aromatic rings. The quantitative estimate of drug-likeness (QED) is 0.636. The molecule has 3 rings (SSSR count). The van der Waals surface area contributed by atoms with Gasteiger partial charge in [-0.2, -0.15) is 5.10 Å². The number of hydrogen-bond acceptors (Lipinski definition) is 3. The van der Waals surface area contributed by atoms with Crippen LogP contribution in [-0.2, 0) is 11.2 Å². The predicted octanol–water partition coefficient (Wildman–Crippen LogP) is 2.97. The second-order valence-electron chi connectivity index (χ2n) is 5.90. The maximum Gasteiger partial charge on any atom is 0.253 e. The highest BCUT2D eigenvalue weighted by atomic mass is 16.2. The van der Waals surface area contributed by atoms with Crippen molar-refractivity contribution >= 4 is 17.5 Å². The van der Waals surface area contributed by atoms with E-state index < -0.39 is 0 Å². The lowest BCUT2D eigenvalue weighted by atomic mass is 10.1. The SMILES string of the molecule is C=CCNC(=O)c1ccccc1NC(=O)Cc1cnn(-c2ccccc2)c1. The van der Waals surface area contributed by atoms with Gasteiger partial charge in [0.2, 0.25) is 5.91 Å². The van der Waals surface area contributed by atoms with E-state index in [9.17, 15) is 9.59 Å². The Kier molecular flexibility index (Phi) is 5.79. The summed E-state index contributed by atoms with van der Waals surface area (Å²) in [7, 11) is 0. The van der Waals surface area contributed by atoms with Crippen molar-refractivity contribution in [2.75, 3.05) is 11.9 Å². The lowest BCUT2D eigenvalue weighted by molar-refractivity contribution is -0.115. The van der Waals surface area contributed by atoms with Crippen LogP contribution in [0.3, 0.4) is 0 Å². The number of hydrogen-bond donors (Lipinski definition) is 2. The van der Waals surface area contributed by atoms with Crippen molar-refractivity contribution in [3.63, 3.8) is 0 Å². The smallest absolute Gasteiger partial charge is 0.253 e. The van der Waals surface area contributed by atoms with Gasteiger partial charge >= 0.3 is 0 Å². The van der Waals surface area contributed by atoms with Crippen LogP contribution in [0.15, 0.2) is 79.6 Å². The molecule has 6 nitrogen and oxygen atoms in total. The molecule has 2 amide bonds. The molecule has 0 aliphatic carbocycles. The van der Waals surface area contributed by atoms with Crippen LogP contribution in [0.25, 0.3) is 5.69 Å². The normalized spacial score (nSPS) is 10.2. The molecule has 0 unspecified atom stereocenters. The van der Waals surface area contributed by atoms with Crippen molar-refractivity contribution in [2.45, 2.75) is 6.42 Å². The first-order chi connectivity index (χ1) is 13.2. The van der Waals surface area contributed by atoms with Crippen LogP contribution in [0.2, 0.25) is 0 Å². The first-order valence-corrected chi connectivity index (χ1v) is 8.54. The Balaban J connectivity index is 1.67. The molecule has 0 aliphatic heterocycles. The molecule has 0 saturated heterocycles.